The van der Waals surface area contributed by atoms with Crippen LogP contribution in [0.1, 0.15) is 13.8 Å². The number of amides is 2. The van der Waals surface area contributed by atoms with Gasteiger partial charge in [0.05, 0.1) is 16.5 Å². The largest absolute Gasteiger partial charge is 0.494 e. The van der Waals surface area contributed by atoms with Crippen LogP contribution < -0.4 is 24.8 Å². The van der Waals surface area contributed by atoms with E-state index in [1.165, 1.54) is 25.1 Å². The van der Waals surface area contributed by atoms with Gasteiger partial charge in [0.1, 0.15) is 11.5 Å². The van der Waals surface area contributed by atoms with Crippen LogP contribution >= 0.6 is 11.6 Å². The fourth-order valence-electron chi connectivity index (χ4n) is 2.98. The first-order valence-electron chi connectivity index (χ1n) is 10.5. The molecule has 0 atom stereocenters. The summed E-state index contributed by atoms with van der Waals surface area (Å²) in [5.74, 6) is 0.0831. The lowest BCUT2D eigenvalue weighted by Gasteiger charge is -2.12. The first-order chi connectivity index (χ1) is 16.7. The zero-order valence-electron chi connectivity index (χ0n) is 19.0. The van der Waals surface area contributed by atoms with Gasteiger partial charge in [-0.05, 0) is 67.6 Å². The molecule has 0 heterocycles. The number of halogens is 1. The van der Waals surface area contributed by atoms with Gasteiger partial charge in [0.15, 0.2) is 6.61 Å². The van der Waals surface area contributed by atoms with E-state index in [0.717, 1.165) is 0 Å². The van der Waals surface area contributed by atoms with Gasteiger partial charge in [-0.2, -0.15) is 0 Å². The summed E-state index contributed by atoms with van der Waals surface area (Å²) in [6.45, 7) is 3.38. The third-order valence-electron chi connectivity index (χ3n) is 4.46. The van der Waals surface area contributed by atoms with Crippen LogP contribution in [0.4, 0.5) is 17.1 Å². The molecule has 3 rings (SSSR count). The monoisotopic (exact) mass is 517 g/mol. The zero-order valence-corrected chi connectivity index (χ0v) is 20.6. The highest BCUT2D eigenvalue weighted by molar-refractivity contribution is 7.92. The highest BCUT2D eigenvalue weighted by Gasteiger charge is 2.17. The van der Waals surface area contributed by atoms with Crippen LogP contribution in [0.2, 0.25) is 5.02 Å². The first-order valence-corrected chi connectivity index (χ1v) is 12.4. The van der Waals surface area contributed by atoms with Crippen molar-refractivity contribution in [2.24, 2.45) is 0 Å². The third-order valence-corrected chi connectivity index (χ3v) is 6.13. The topological polar surface area (TPSA) is 123 Å². The van der Waals surface area contributed by atoms with Crippen molar-refractivity contribution in [1.82, 2.24) is 0 Å². The van der Waals surface area contributed by atoms with Gasteiger partial charge in [0.2, 0.25) is 5.91 Å². The number of anilines is 3. The van der Waals surface area contributed by atoms with E-state index in [2.05, 4.69) is 15.4 Å². The molecule has 0 bridgehead atoms. The van der Waals surface area contributed by atoms with Crippen LogP contribution in [0.5, 0.6) is 11.5 Å². The van der Waals surface area contributed by atoms with Crippen molar-refractivity contribution in [3.63, 3.8) is 0 Å². The van der Waals surface area contributed by atoms with Crippen LogP contribution in [0.15, 0.2) is 71.6 Å². The van der Waals surface area contributed by atoms with E-state index in [1.807, 2.05) is 6.92 Å². The van der Waals surface area contributed by atoms with Crippen molar-refractivity contribution in [2.75, 3.05) is 28.6 Å². The van der Waals surface area contributed by atoms with E-state index < -0.39 is 15.9 Å². The van der Waals surface area contributed by atoms with E-state index in [1.54, 1.807) is 48.5 Å². The van der Waals surface area contributed by atoms with Crippen LogP contribution in [0.3, 0.4) is 0 Å². The molecule has 9 nitrogen and oxygen atoms in total. The Kier molecular flexibility index (Phi) is 8.56. The first kappa shape index (κ1) is 25.9. The molecule has 0 saturated carbocycles. The summed E-state index contributed by atoms with van der Waals surface area (Å²) in [5, 5.41) is 5.30. The summed E-state index contributed by atoms with van der Waals surface area (Å²) < 4.78 is 38.7. The second-order valence-corrected chi connectivity index (χ2v) is 9.34. The highest BCUT2D eigenvalue weighted by atomic mass is 35.5. The molecule has 0 saturated heterocycles. The van der Waals surface area contributed by atoms with Crippen molar-refractivity contribution < 1.29 is 27.5 Å². The van der Waals surface area contributed by atoms with Gasteiger partial charge in [-0.25, -0.2) is 8.42 Å². The molecule has 0 radical (unpaired) electrons. The highest BCUT2D eigenvalue weighted by Crippen LogP contribution is 2.29. The molecular formula is C24H24ClN3O6S. The van der Waals surface area contributed by atoms with Gasteiger partial charge in [-0.1, -0.05) is 17.7 Å². The maximum Gasteiger partial charge on any atom is 0.262 e. The average Bonchev–Trinajstić information content (AvgIpc) is 2.79. The predicted molar refractivity (Wildman–Crippen MR) is 135 cm³/mol. The number of ether oxygens (including phenoxy) is 2. The number of benzene rings is 3. The molecule has 0 aliphatic rings. The van der Waals surface area contributed by atoms with E-state index in [0.29, 0.717) is 29.4 Å². The Labute approximate surface area is 208 Å². The molecule has 0 aromatic heterocycles. The maximum absolute atomic E-state index is 12.7. The van der Waals surface area contributed by atoms with Crippen LogP contribution in [-0.4, -0.2) is 33.4 Å². The molecular weight excluding hydrogens is 494 g/mol. The normalized spacial score (nSPS) is 10.8. The number of rotatable bonds is 10. The standard InChI is InChI=1S/C24H24ClN3O6S/c1-3-33-20-9-7-17(8-10-20)28-35(31,32)21-11-12-23(22(25)14-21)34-15-24(30)27-19-6-4-5-18(13-19)26-16(2)29/h4-14,28H,3,15H2,1-2H3,(H,26,29)(H,27,30). The van der Waals surface area contributed by atoms with Crippen molar-refractivity contribution >= 4 is 50.5 Å². The SMILES string of the molecule is CCOc1ccc(NS(=O)(=O)c2ccc(OCC(=O)Nc3cccc(NC(C)=O)c3)c(Cl)c2)cc1. The average molecular weight is 518 g/mol. The molecule has 0 aliphatic heterocycles. The molecule has 3 aromatic rings. The summed E-state index contributed by atoms with van der Waals surface area (Å²) in [4.78, 5) is 23.3. The second-order valence-electron chi connectivity index (χ2n) is 7.25. The van der Waals surface area contributed by atoms with Gasteiger partial charge in [-0.3, -0.25) is 14.3 Å². The lowest BCUT2D eigenvalue weighted by Crippen LogP contribution is -2.20. The number of carbonyl (C=O) groups is 2. The molecule has 11 heteroatoms. The van der Waals surface area contributed by atoms with Gasteiger partial charge in [-0.15, -0.1) is 0 Å². The summed E-state index contributed by atoms with van der Waals surface area (Å²) in [7, 11) is -3.90. The Morgan fingerprint density at radius 1 is 0.886 bits per heavy atom. The minimum Gasteiger partial charge on any atom is -0.494 e. The van der Waals surface area contributed by atoms with E-state index in [9.17, 15) is 18.0 Å². The molecule has 3 N–H and O–H groups in total. The van der Waals surface area contributed by atoms with Gasteiger partial charge in [0, 0.05) is 24.0 Å². The Morgan fingerprint density at radius 3 is 2.20 bits per heavy atom. The number of hydrogen-bond donors (Lipinski definition) is 3. The second kappa shape index (κ2) is 11.6. The Morgan fingerprint density at radius 2 is 1.57 bits per heavy atom. The lowest BCUT2D eigenvalue weighted by atomic mass is 10.2. The fourth-order valence-corrected chi connectivity index (χ4v) is 4.37. The number of hydrogen-bond acceptors (Lipinski definition) is 6. The van der Waals surface area contributed by atoms with E-state index in [-0.39, 0.29) is 28.2 Å². The molecule has 2 amide bonds. The minimum atomic E-state index is -3.90. The maximum atomic E-state index is 12.7. The quantitative estimate of drug-likeness (QED) is 0.363. The Balaban J connectivity index is 1.60. The molecule has 0 fully saturated rings. The molecule has 3 aromatic carbocycles. The Hall–Kier alpha value is -3.76. The van der Waals surface area contributed by atoms with Gasteiger partial charge >= 0.3 is 0 Å². The Bertz CT molecular complexity index is 1310. The summed E-state index contributed by atoms with van der Waals surface area (Å²) in [6, 6.07) is 17.1. The fraction of sp³-hybridized carbons (Fsp3) is 0.167. The van der Waals surface area contributed by atoms with Gasteiger partial charge in [0.25, 0.3) is 15.9 Å². The minimum absolute atomic E-state index is 0.0278. The van der Waals surface area contributed by atoms with Crippen molar-refractivity contribution in [2.45, 2.75) is 18.7 Å². The predicted octanol–water partition coefficient (Wildman–Crippen LogP) is 4.52. The van der Waals surface area contributed by atoms with Crippen molar-refractivity contribution in [3.05, 3.63) is 71.8 Å². The smallest absolute Gasteiger partial charge is 0.262 e. The number of nitrogens with one attached hydrogen (secondary N) is 3. The van der Waals surface area contributed by atoms with Crippen molar-refractivity contribution in [3.8, 4) is 11.5 Å². The molecule has 35 heavy (non-hydrogen) atoms. The van der Waals surface area contributed by atoms with E-state index >= 15 is 0 Å². The zero-order chi connectivity index (χ0) is 25.4. The van der Waals surface area contributed by atoms with Crippen LogP contribution in [0.25, 0.3) is 0 Å². The molecule has 184 valence electrons. The van der Waals surface area contributed by atoms with Gasteiger partial charge < -0.3 is 20.1 Å². The van der Waals surface area contributed by atoms with Crippen LogP contribution in [-0.2, 0) is 19.6 Å². The third kappa shape index (κ3) is 7.62. The van der Waals surface area contributed by atoms with Crippen molar-refractivity contribution in [1.29, 1.82) is 0 Å². The molecule has 0 aliphatic carbocycles. The number of carbonyl (C=O) groups excluding carboxylic acids is 2. The summed E-state index contributed by atoms with van der Waals surface area (Å²) in [6.07, 6.45) is 0. The summed E-state index contributed by atoms with van der Waals surface area (Å²) in [5.41, 5.74) is 1.37. The van der Waals surface area contributed by atoms with Crippen LogP contribution in [0, 0.1) is 0 Å². The molecule has 0 spiro atoms. The van der Waals surface area contributed by atoms with E-state index in [4.69, 9.17) is 21.1 Å². The number of sulfonamides is 1. The lowest BCUT2D eigenvalue weighted by molar-refractivity contribution is -0.118. The molecule has 0 unspecified atom stereocenters. The summed E-state index contributed by atoms with van der Waals surface area (Å²) >= 11 is 6.20.